The highest BCUT2D eigenvalue weighted by Gasteiger charge is 2.27. The minimum absolute atomic E-state index is 0. The molecule has 0 aromatic carbocycles. The smallest absolute Gasteiger partial charge is 0.191 e. The summed E-state index contributed by atoms with van der Waals surface area (Å²) in [6, 6.07) is 3.92. The Hall–Kier alpha value is -1.48. The van der Waals surface area contributed by atoms with Crippen molar-refractivity contribution in [3.8, 4) is 0 Å². The van der Waals surface area contributed by atoms with Crippen molar-refractivity contribution in [2.45, 2.75) is 32.9 Å². The maximum atomic E-state index is 10.7. The van der Waals surface area contributed by atoms with E-state index in [9.17, 15) is 5.11 Å². The lowest BCUT2D eigenvalue weighted by Gasteiger charge is -2.24. The molecule has 0 aliphatic rings. The zero-order valence-corrected chi connectivity index (χ0v) is 17.2. The third kappa shape index (κ3) is 5.27. The van der Waals surface area contributed by atoms with Gasteiger partial charge in [0.15, 0.2) is 5.96 Å². The lowest BCUT2D eigenvalue weighted by molar-refractivity contribution is 0.0602. The molecule has 2 aromatic rings. The summed E-state index contributed by atoms with van der Waals surface area (Å²) in [4.78, 5) is 4.19. The fourth-order valence-corrected chi connectivity index (χ4v) is 2.59. The van der Waals surface area contributed by atoms with Gasteiger partial charge in [0.2, 0.25) is 0 Å². The van der Waals surface area contributed by atoms with Gasteiger partial charge in [-0.05, 0) is 38.5 Å². The Balaban J connectivity index is 0.00000288. The molecule has 0 fully saturated rings. The quantitative estimate of drug-likeness (QED) is 0.375. The van der Waals surface area contributed by atoms with Crippen LogP contribution in [0.5, 0.6) is 0 Å². The molecule has 0 amide bonds. The Bertz CT molecular complexity index is 689. The number of aliphatic imine (C=N–C) groups is 1. The van der Waals surface area contributed by atoms with E-state index in [1.54, 1.807) is 14.0 Å². The first kappa shape index (κ1) is 20.6. The molecule has 0 radical (unpaired) electrons. The molecule has 6 nitrogen and oxygen atoms in total. The van der Waals surface area contributed by atoms with E-state index in [2.05, 4.69) is 15.6 Å². The average molecular weight is 446 g/mol. The minimum atomic E-state index is -1.04. The van der Waals surface area contributed by atoms with Gasteiger partial charge in [-0.2, -0.15) is 0 Å². The largest absolute Gasteiger partial charge is 0.466 e. The van der Waals surface area contributed by atoms with Crippen molar-refractivity contribution >= 4 is 29.9 Å². The Morgan fingerprint density at radius 1 is 1.38 bits per heavy atom. The third-order valence-corrected chi connectivity index (χ3v) is 3.80. The highest BCUT2D eigenvalue weighted by atomic mass is 127. The van der Waals surface area contributed by atoms with E-state index in [4.69, 9.17) is 4.42 Å². The van der Waals surface area contributed by atoms with Crippen LogP contribution in [0.25, 0.3) is 0 Å². The topological polar surface area (TPSA) is 74.7 Å². The molecule has 0 aliphatic carbocycles. The minimum Gasteiger partial charge on any atom is -0.466 e. The summed E-state index contributed by atoms with van der Waals surface area (Å²) in [5, 5.41) is 17.1. The SMILES string of the molecule is CN=C(NCc1ccn(C)c1)NCC(C)(O)c1cc(C)oc1C.I. The number of aliphatic hydroxyl groups is 1. The molecular weight excluding hydrogens is 419 g/mol. The van der Waals surface area contributed by atoms with Crippen molar-refractivity contribution in [1.82, 2.24) is 15.2 Å². The molecule has 2 rings (SSSR count). The Kier molecular flexibility index (Phi) is 7.34. The number of furan rings is 1. The molecule has 0 spiro atoms. The number of nitrogens with zero attached hydrogens (tertiary/aromatic N) is 2. The maximum Gasteiger partial charge on any atom is 0.191 e. The van der Waals surface area contributed by atoms with Gasteiger partial charge in [-0.15, -0.1) is 24.0 Å². The summed E-state index contributed by atoms with van der Waals surface area (Å²) < 4.78 is 7.51. The molecule has 7 heteroatoms. The normalized spacial score (nSPS) is 14.0. The number of hydrogen-bond acceptors (Lipinski definition) is 3. The monoisotopic (exact) mass is 446 g/mol. The predicted octanol–water partition coefficient (Wildman–Crippen LogP) is 2.43. The summed E-state index contributed by atoms with van der Waals surface area (Å²) in [6.07, 6.45) is 4.05. The summed E-state index contributed by atoms with van der Waals surface area (Å²) in [7, 11) is 3.70. The zero-order valence-electron chi connectivity index (χ0n) is 14.9. The lowest BCUT2D eigenvalue weighted by atomic mass is 9.96. The average Bonchev–Trinajstić information content (AvgIpc) is 3.05. The summed E-state index contributed by atoms with van der Waals surface area (Å²) in [5.74, 6) is 2.18. The first-order valence-corrected chi connectivity index (χ1v) is 7.67. The van der Waals surface area contributed by atoms with E-state index in [1.165, 1.54) is 5.56 Å². The number of hydrogen-bond donors (Lipinski definition) is 3. The number of rotatable bonds is 5. The molecule has 0 aliphatic heterocycles. The van der Waals surface area contributed by atoms with Crippen LogP contribution in [0.2, 0.25) is 0 Å². The van der Waals surface area contributed by atoms with Crippen molar-refractivity contribution < 1.29 is 9.52 Å². The van der Waals surface area contributed by atoms with Crippen molar-refractivity contribution in [2.24, 2.45) is 12.0 Å². The Morgan fingerprint density at radius 2 is 2.08 bits per heavy atom. The van der Waals surface area contributed by atoms with Gasteiger partial charge in [0.1, 0.15) is 17.1 Å². The van der Waals surface area contributed by atoms with Gasteiger partial charge < -0.3 is 24.7 Å². The third-order valence-electron chi connectivity index (χ3n) is 3.80. The fourth-order valence-electron chi connectivity index (χ4n) is 2.59. The van der Waals surface area contributed by atoms with Crippen molar-refractivity contribution in [2.75, 3.05) is 13.6 Å². The van der Waals surface area contributed by atoms with E-state index < -0.39 is 5.60 Å². The number of aryl methyl sites for hydroxylation is 3. The molecule has 134 valence electrons. The molecule has 0 saturated carbocycles. The highest BCUT2D eigenvalue weighted by molar-refractivity contribution is 14.0. The van der Waals surface area contributed by atoms with Crippen LogP contribution in [-0.2, 0) is 19.2 Å². The Labute approximate surface area is 160 Å². The van der Waals surface area contributed by atoms with Crippen molar-refractivity contribution in [3.63, 3.8) is 0 Å². The van der Waals surface area contributed by atoms with E-state index in [0.717, 1.165) is 17.1 Å². The summed E-state index contributed by atoms with van der Waals surface area (Å²) >= 11 is 0. The van der Waals surface area contributed by atoms with Crippen LogP contribution in [0.1, 0.15) is 29.6 Å². The second-order valence-corrected chi connectivity index (χ2v) is 6.07. The fraction of sp³-hybridized carbons (Fsp3) is 0.471. The van der Waals surface area contributed by atoms with Crippen molar-refractivity contribution in [1.29, 1.82) is 0 Å². The number of nitrogens with one attached hydrogen (secondary N) is 2. The molecule has 3 N–H and O–H groups in total. The van der Waals surface area contributed by atoms with Gasteiger partial charge in [0, 0.05) is 38.6 Å². The molecule has 0 saturated heterocycles. The molecule has 1 unspecified atom stereocenters. The highest BCUT2D eigenvalue weighted by Crippen LogP contribution is 2.26. The van der Waals surface area contributed by atoms with Crippen molar-refractivity contribution in [3.05, 3.63) is 47.2 Å². The van der Waals surface area contributed by atoms with Gasteiger partial charge in [0.05, 0.1) is 6.54 Å². The second-order valence-electron chi connectivity index (χ2n) is 6.07. The van der Waals surface area contributed by atoms with Crippen LogP contribution in [-0.4, -0.2) is 29.2 Å². The van der Waals surface area contributed by atoms with Crippen LogP contribution >= 0.6 is 24.0 Å². The summed E-state index contributed by atoms with van der Waals surface area (Å²) in [6.45, 7) is 6.51. The van der Waals surface area contributed by atoms with E-state index in [0.29, 0.717) is 19.0 Å². The molecule has 2 aromatic heterocycles. The van der Waals surface area contributed by atoms with Crippen LogP contribution in [0.4, 0.5) is 0 Å². The lowest BCUT2D eigenvalue weighted by Crippen LogP contribution is -2.44. The van der Waals surface area contributed by atoms with Crippen LogP contribution < -0.4 is 10.6 Å². The van der Waals surface area contributed by atoms with Gasteiger partial charge in [0.25, 0.3) is 0 Å². The summed E-state index contributed by atoms with van der Waals surface area (Å²) in [5.41, 5.74) is 0.927. The van der Waals surface area contributed by atoms with Crippen LogP contribution in [0.3, 0.4) is 0 Å². The molecule has 24 heavy (non-hydrogen) atoms. The van der Waals surface area contributed by atoms with E-state index >= 15 is 0 Å². The molecule has 2 heterocycles. The van der Waals surface area contributed by atoms with Crippen LogP contribution in [0, 0.1) is 13.8 Å². The molecule has 0 bridgehead atoms. The molecular formula is C17H27IN4O2. The van der Waals surface area contributed by atoms with Gasteiger partial charge in [-0.1, -0.05) is 0 Å². The van der Waals surface area contributed by atoms with Gasteiger partial charge >= 0.3 is 0 Å². The Morgan fingerprint density at radius 3 is 2.58 bits per heavy atom. The van der Waals surface area contributed by atoms with E-state index in [-0.39, 0.29) is 24.0 Å². The number of aromatic nitrogens is 1. The van der Waals surface area contributed by atoms with Crippen LogP contribution in [0.15, 0.2) is 33.9 Å². The first-order valence-electron chi connectivity index (χ1n) is 7.67. The zero-order chi connectivity index (χ0) is 17.0. The van der Waals surface area contributed by atoms with E-state index in [1.807, 2.05) is 50.0 Å². The van der Waals surface area contributed by atoms with Gasteiger partial charge in [-0.3, -0.25) is 4.99 Å². The number of halogens is 1. The predicted molar refractivity (Wildman–Crippen MR) is 107 cm³/mol. The molecule has 1 atom stereocenters. The maximum absolute atomic E-state index is 10.7. The van der Waals surface area contributed by atoms with Gasteiger partial charge in [-0.25, -0.2) is 0 Å². The first-order chi connectivity index (χ1) is 10.8. The number of guanidine groups is 1. The second kappa shape index (κ2) is 8.57. The standard InChI is InChI=1S/C17H26N4O2.HI/c1-12-8-15(13(2)23-12)17(3,22)11-20-16(18-4)19-9-14-6-7-21(5)10-14;/h6-8,10,22H,9,11H2,1-5H3,(H2,18,19,20);1H.